The van der Waals surface area contributed by atoms with Gasteiger partial charge in [-0.3, -0.25) is 4.90 Å². The Labute approximate surface area is 108 Å². The third-order valence-corrected chi connectivity index (χ3v) is 3.54. The second kappa shape index (κ2) is 5.25. The van der Waals surface area contributed by atoms with Crippen LogP contribution in [0.4, 0.5) is 10.5 Å². The Morgan fingerprint density at radius 3 is 2.89 bits per heavy atom. The molecular weight excluding hydrogens is 226 g/mol. The third-order valence-electron chi connectivity index (χ3n) is 3.54. The lowest BCUT2D eigenvalue weighted by Gasteiger charge is -2.25. The molecule has 0 aromatic heterocycles. The molecule has 0 aliphatic carbocycles. The van der Waals surface area contributed by atoms with Crippen molar-refractivity contribution in [1.29, 1.82) is 0 Å². The molecule has 1 aromatic rings. The van der Waals surface area contributed by atoms with Crippen LogP contribution in [0, 0.1) is 0 Å². The first kappa shape index (κ1) is 12.7. The van der Waals surface area contributed by atoms with E-state index in [1.54, 1.807) is 11.0 Å². The van der Waals surface area contributed by atoms with Gasteiger partial charge in [0.25, 0.3) is 0 Å². The lowest BCUT2D eigenvalue weighted by molar-refractivity contribution is 0.163. The van der Waals surface area contributed by atoms with Crippen molar-refractivity contribution in [2.45, 2.75) is 32.2 Å². The molecule has 0 unspecified atom stereocenters. The fourth-order valence-corrected chi connectivity index (χ4v) is 2.67. The Balaban J connectivity index is 2.32. The Morgan fingerprint density at radius 2 is 2.22 bits per heavy atom. The molecule has 0 spiro atoms. The topological polar surface area (TPSA) is 29.5 Å². The molecule has 0 saturated heterocycles. The van der Waals surface area contributed by atoms with Crippen LogP contribution >= 0.6 is 0 Å². The van der Waals surface area contributed by atoms with E-state index in [0.29, 0.717) is 5.92 Å². The molecule has 0 N–H and O–H groups in total. The Kier molecular flexibility index (Phi) is 3.70. The van der Waals surface area contributed by atoms with Crippen LogP contribution in [0.2, 0.25) is 0 Å². The SMILES string of the molecule is C=CCOC(=O)N1c2ccccc2[C@@H](C)[C@H]1CC. The predicted molar refractivity (Wildman–Crippen MR) is 73.0 cm³/mol. The smallest absolute Gasteiger partial charge is 0.414 e. The maximum Gasteiger partial charge on any atom is 0.414 e. The molecule has 0 radical (unpaired) electrons. The first-order chi connectivity index (χ1) is 8.70. The molecule has 1 aromatic carbocycles. The third kappa shape index (κ3) is 2.01. The lowest BCUT2D eigenvalue weighted by atomic mass is 9.96. The van der Waals surface area contributed by atoms with E-state index >= 15 is 0 Å². The zero-order chi connectivity index (χ0) is 13.1. The molecule has 0 saturated carbocycles. The van der Waals surface area contributed by atoms with Crippen molar-refractivity contribution < 1.29 is 9.53 Å². The van der Waals surface area contributed by atoms with Crippen LogP contribution < -0.4 is 4.90 Å². The molecule has 0 bridgehead atoms. The lowest BCUT2D eigenvalue weighted by Crippen LogP contribution is -2.38. The number of carbonyl (C=O) groups excluding carboxylic acids is 1. The molecule has 1 aliphatic rings. The van der Waals surface area contributed by atoms with E-state index in [2.05, 4.69) is 26.5 Å². The zero-order valence-corrected chi connectivity index (χ0v) is 10.9. The highest BCUT2D eigenvalue weighted by Gasteiger charge is 2.38. The van der Waals surface area contributed by atoms with Gasteiger partial charge in [-0.05, 0) is 18.1 Å². The zero-order valence-electron chi connectivity index (χ0n) is 10.9. The number of carbonyl (C=O) groups is 1. The molecule has 1 amide bonds. The molecule has 2 atom stereocenters. The molecule has 96 valence electrons. The molecule has 3 nitrogen and oxygen atoms in total. The summed E-state index contributed by atoms with van der Waals surface area (Å²) in [7, 11) is 0. The average Bonchev–Trinajstić information content (AvgIpc) is 2.69. The Hall–Kier alpha value is -1.77. The van der Waals surface area contributed by atoms with Gasteiger partial charge in [-0.1, -0.05) is 44.7 Å². The van der Waals surface area contributed by atoms with Gasteiger partial charge in [-0.15, -0.1) is 0 Å². The summed E-state index contributed by atoms with van der Waals surface area (Å²) >= 11 is 0. The van der Waals surface area contributed by atoms with Crippen LogP contribution in [0.5, 0.6) is 0 Å². The first-order valence-corrected chi connectivity index (χ1v) is 6.36. The van der Waals surface area contributed by atoms with Crippen LogP contribution in [0.25, 0.3) is 0 Å². The minimum atomic E-state index is -0.279. The van der Waals surface area contributed by atoms with Crippen molar-refractivity contribution in [3.05, 3.63) is 42.5 Å². The van der Waals surface area contributed by atoms with Gasteiger partial charge in [0.2, 0.25) is 0 Å². The number of hydrogen-bond acceptors (Lipinski definition) is 2. The molecule has 18 heavy (non-hydrogen) atoms. The van der Waals surface area contributed by atoms with Crippen LogP contribution in [-0.2, 0) is 4.74 Å². The van der Waals surface area contributed by atoms with Crippen LogP contribution in [0.1, 0.15) is 31.7 Å². The van der Waals surface area contributed by atoms with Crippen molar-refractivity contribution in [2.24, 2.45) is 0 Å². The average molecular weight is 245 g/mol. The summed E-state index contributed by atoms with van der Waals surface area (Å²) in [5, 5.41) is 0. The van der Waals surface area contributed by atoms with E-state index in [1.165, 1.54) is 5.56 Å². The standard InChI is InChI=1S/C15H19NO2/c1-4-10-18-15(17)16-13(5-2)11(3)12-8-6-7-9-14(12)16/h4,6-9,11,13H,1,5,10H2,2-3H3/t11-,13-/m1/s1. The highest BCUT2D eigenvalue weighted by atomic mass is 16.6. The summed E-state index contributed by atoms with van der Waals surface area (Å²) in [6, 6.07) is 8.22. The van der Waals surface area contributed by atoms with E-state index in [0.717, 1.165) is 12.1 Å². The van der Waals surface area contributed by atoms with Gasteiger partial charge in [0, 0.05) is 12.0 Å². The minimum Gasteiger partial charge on any atom is -0.445 e. The van der Waals surface area contributed by atoms with Crippen molar-refractivity contribution in [3.8, 4) is 0 Å². The number of benzene rings is 1. The summed E-state index contributed by atoms with van der Waals surface area (Å²) in [5.74, 6) is 0.350. The summed E-state index contributed by atoms with van der Waals surface area (Å²) in [6.45, 7) is 8.07. The normalized spacial score (nSPS) is 21.6. The van der Waals surface area contributed by atoms with Crippen molar-refractivity contribution in [3.63, 3.8) is 0 Å². The maximum atomic E-state index is 12.1. The van der Waals surface area contributed by atoms with Crippen LogP contribution in [0.15, 0.2) is 36.9 Å². The number of fused-ring (bicyclic) bond motifs is 1. The Morgan fingerprint density at radius 1 is 1.50 bits per heavy atom. The molecular formula is C15H19NO2. The van der Waals surface area contributed by atoms with E-state index in [-0.39, 0.29) is 18.7 Å². The van der Waals surface area contributed by atoms with Crippen molar-refractivity contribution in [2.75, 3.05) is 11.5 Å². The largest absolute Gasteiger partial charge is 0.445 e. The summed E-state index contributed by atoms with van der Waals surface area (Å²) < 4.78 is 5.18. The van der Waals surface area contributed by atoms with Crippen molar-refractivity contribution in [1.82, 2.24) is 0 Å². The summed E-state index contributed by atoms with van der Waals surface area (Å²) in [4.78, 5) is 13.9. The second-order valence-electron chi connectivity index (χ2n) is 4.56. The van der Waals surface area contributed by atoms with Crippen molar-refractivity contribution >= 4 is 11.8 Å². The number of amides is 1. The van der Waals surface area contributed by atoms with Gasteiger partial charge in [-0.25, -0.2) is 4.79 Å². The monoisotopic (exact) mass is 245 g/mol. The van der Waals surface area contributed by atoms with Gasteiger partial charge in [0.05, 0.1) is 5.69 Å². The second-order valence-corrected chi connectivity index (χ2v) is 4.56. The fraction of sp³-hybridized carbons (Fsp3) is 0.400. The molecule has 2 rings (SSSR count). The van der Waals surface area contributed by atoms with Gasteiger partial charge >= 0.3 is 6.09 Å². The highest BCUT2D eigenvalue weighted by molar-refractivity contribution is 5.91. The maximum absolute atomic E-state index is 12.1. The van der Waals surface area contributed by atoms with Gasteiger partial charge in [0.1, 0.15) is 6.61 Å². The number of nitrogens with zero attached hydrogens (tertiary/aromatic N) is 1. The van der Waals surface area contributed by atoms with Crippen LogP contribution in [-0.4, -0.2) is 18.7 Å². The van der Waals surface area contributed by atoms with Gasteiger partial charge in [0.15, 0.2) is 0 Å². The number of anilines is 1. The van der Waals surface area contributed by atoms with Gasteiger partial charge < -0.3 is 4.74 Å². The molecule has 1 aliphatic heterocycles. The van der Waals surface area contributed by atoms with E-state index in [9.17, 15) is 4.79 Å². The number of para-hydroxylation sites is 1. The number of rotatable bonds is 3. The molecule has 3 heteroatoms. The number of hydrogen-bond donors (Lipinski definition) is 0. The van der Waals surface area contributed by atoms with E-state index in [1.807, 2.05) is 18.2 Å². The predicted octanol–water partition coefficient (Wildman–Crippen LogP) is 3.71. The van der Waals surface area contributed by atoms with Gasteiger partial charge in [-0.2, -0.15) is 0 Å². The highest BCUT2D eigenvalue weighted by Crippen LogP contribution is 2.42. The first-order valence-electron chi connectivity index (χ1n) is 6.36. The van der Waals surface area contributed by atoms with E-state index < -0.39 is 0 Å². The minimum absolute atomic E-state index is 0.180. The number of ether oxygens (including phenoxy) is 1. The summed E-state index contributed by atoms with van der Waals surface area (Å²) in [5.41, 5.74) is 2.20. The molecule has 0 fully saturated rings. The van der Waals surface area contributed by atoms with Crippen LogP contribution in [0.3, 0.4) is 0 Å². The van der Waals surface area contributed by atoms with E-state index in [4.69, 9.17) is 4.74 Å². The molecule has 1 heterocycles. The fourth-order valence-electron chi connectivity index (χ4n) is 2.67. The summed E-state index contributed by atoms with van der Waals surface area (Å²) in [6.07, 6.45) is 2.22. The quantitative estimate of drug-likeness (QED) is 0.760. The Bertz CT molecular complexity index is 456.